The Hall–Kier alpha value is -4.48. The molecule has 7 rings (SSSR count). The fourth-order valence-electron chi connectivity index (χ4n) is 5.26. The van der Waals surface area contributed by atoms with E-state index < -0.39 is 0 Å². The van der Waals surface area contributed by atoms with Crippen LogP contribution in [0.15, 0.2) is 162 Å². The van der Waals surface area contributed by atoms with E-state index in [4.69, 9.17) is 0 Å². The van der Waals surface area contributed by atoms with E-state index in [0.29, 0.717) is 20.1 Å². The van der Waals surface area contributed by atoms with Crippen LogP contribution in [0, 0.1) is 0 Å². The Kier molecular flexibility index (Phi) is 9.58. The average Bonchev–Trinajstić information content (AvgIpc) is 3.64. The van der Waals surface area contributed by atoms with Gasteiger partial charge in [0.05, 0.1) is 9.81 Å². The summed E-state index contributed by atoms with van der Waals surface area (Å²) in [5.41, 5.74) is 6.85. The van der Waals surface area contributed by atoms with Crippen molar-refractivity contribution in [3.8, 4) is 0 Å². The van der Waals surface area contributed by atoms with E-state index in [0.717, 1.165) is 53.7 Å². The van der Waals surface area contributed by atoms with Crippen LogP contribution in [0.4, 0.5) is 11.4 Å². The van der Waals surface area contributed by atoms with Gasteiger partial charge in [0.15, 0.2) is 10.3 Å². The molecular formula is C38H24Br2N4O2S2. The molecule has 2 amide bonds. The molecule has 0 saturated heterocycles. The molecule has 2 aliphatic heterocycles. The number of nitrogens with zero attached hydrogens (tertiary/aromatic N) is 2. The Morgan fingerprint density at radius 3 is 1.25 bits per heavy atom. The zero-order chi connectivity index (χ0) is 33.0. The second-order valence-corrected chi connectivity index (χ2v) is 14.5. The van der Waals surface area contributed by atoms with Gasteiger partial charge in [-0.1, -0.05) is 123 Å². The lowest BCUT2D eigenvalue weighted by atomic mass is 9.97. The van der Waals surface area contributed by atoms with Crippen molar-refractivity contribution in [1.82, 2.24) is 0 Å². The summed E-state index contributed by atoms with van der Waals surface area (Å²) in [6, 6.07) is 43.1. The topological polar surface area (TPSA) is 82.9 Å². The van der Waals surface area contributed by atoms with Crippen molar-refractivity contribution in [2.24, 2.45) is 9.98 Å². The van der Waals surface area contributed by atoms with E-state index in [1.54, 1.807) is 0 Å². The van der Waals surface area contributed by atoms with Crippen molar-refractivity contribution in [3.05, 3.63) is 174 Å². The van der Waals surface area contributed by atoms with Crippen LogP contribution in [0.1, 0.15) is 22.3 Å². The number of benzene rings is 5. The lowest BCUT2D eigenvalue weighted by Gasteiger charge is -2.12. The first kappa shape index (κ1) is 32.1. The van der Waals surface area contributed by atoms with Crippen molar-refractivity contribution in [2.75, 3.05) is 10.6 Å². The molecule has 2 heterocycles. The highest BCUT2D eigenvalue weighted by atomic mass is 79.9. The van der Waals surface area contributed by atoms with Gasteiger partial charge in [0.25, 0.3) is 11.8 Å². The highest BCUT2D eigenvalue weighted by Gasteiger charge is 2.29. The lowest BCUT2D eigenvalue weighted by Crippen LogP contribution is -2.07. The number of hydrogen-bond donors (Lipinski definition) is 2. The van der Waals surface area contributed by atoms with Crippen LogP contribution in [-0.4, -0.2) is 22.1 Å². The van der Waals surface area contributed by atoms with Crippen molar-refractivity contribution in [1.29, 1.82) is 0 Å². The van der Waals surface area contributed by atoms with Crippen molar-refractivity contribution in [2.45, 2.75) is 0 Å². The van der Waals surface area contributed by atoms with Gasteiger partial charge >= 0.3 is 0 Å². The van der Waals surface area contributed by atoms with Gasteiger partial charge < -0.3 is 10.6 Å². The molecule has 0 unspecified atom stereocenters. The minimum absolute atomic E-state index is 0.298. The lowest BCUT2D eigenvalue weighted by molar-refractivity contribution is -0.114. The molecule has 6 nitrogen and oxygen atoms in total. The molecule has 10 heteroatoms. The van der Waals surface area contributed by atoms with E-state index >= 15 is 0 Å². The molecule has 0 fully saturated rings. The Balaban J connectivity index is 1.11. The number of carbonyl (C=O) groups excluding carboxylic acids is 2. The molecule has 0 aliphatic carbocycles. The van der Waals surface area contributed by atoms with Crippen molar-refractivity contribution in [3.63, 3.8) is 0 Å². The van der Waals surface area contributed by atoms with Gasteiger partial charge in [0.2, 0.25) is 0 Å². The molecule has 0 bridgehead atoms. The summed E-state index contributed by atoms with van der Waals surface area (Å²) in [5.74, 6) is -0.596. The summed E-state index contributed by atoms with van der Waals surface area (Å²) in [6.07, 6.45) is 0. The molecule has 0 radical (unpaired) electrons. The number of rotatable bonds is 6. The Bertz CT molecular complexity index is 2010. The van der Waals surface area contributed by atoms with Crippen LogP contribution < -0.4 is 10.6 Å². The summed E-state index contributed by atoms with van der Waals surface area (Å²) in [6.45, 7) is 0. The highest BCUT2D eigenvalue weighted by Crippen LogP contribution is 2.40. The van der Waals surface area contributed by atoms with Gasteiger partial charge in [0.1, 0.15) is 0 Å². The van der Waals surface area contributed by atoms with E-state index in [1.807, 2.05) is 133 Å². The average molecular weight is 793 g/mol. The van der Waals surface area contributed by atoms with Crippen LogP contribution in [-0.2, 0) is 9.59 Å². The van der Waals surface area contributed by atoms with Gasteiger partial charge in [-0.15, -0.1) is 0 Å². The van der Waals surface area contributed by atoms with Gasteiger partial charge in [-0.3, -0.25) is 9.59 Å². The van der Waals surface area contributed by atoms with Crippen LogP contribution in [0.2, 0.25) is 0 Å². The molecule has 234 valence electrons. The fraction of sp³-hybridized carbons (Fsp3) is 0. The number of halogens is 2. The van der Waals surface area contributed by atoms with Gasteiger partial charge in [-0.25, -0.2) is 0 Å². The molecule has 2 aliphatic rings. The first-order valence-electron chi connectivity index (χ1n) is 14.8. The van der Waals surface area contributed by atoms with E-state index in [2.05, 4.69) is 52.5 Å². The maximum atomic E-state index is 13.3. The quantitative estimate of drug-likeness (QED) is 0.167. The highest BCUT2D eigenvalue weighted by molar-refractivity contribution is 9.10. The Morgan fingerprint density at radius 2 is 0.854 bits per heavy atom. The van der Waals surface area contributed by atoms with Gasteiger partial charge in [0, 0.05) is 31.5 Å². The second kappa shape index (κ2) is 14.3. The monoisotopic (exact) mass is 790 g/mol. The van der Waals surface area contributed by atoms with Crippen molar-refractivity contribution < 1.29 is 9.59 Å². The van der Waals surface area contributed by atoms with E-state index in [-0.39, 0.29) is 11.8 Å². The maximum absolute atomic E-state index is 13.3. The molecule has 5 aromatic carbocycles. The largest absolute Gasteiger partial charge is 0.334 e. The molecular weight excluding hydrogens is 768 g/mol. The SMILES string of the molecule is O=C1N=C(Nc2cccc(NC3=NC(=O)C(=C(c4ccccc4)c4ccc(Br)cc4)S3)c2)SC1=C(c1ccccc1)c1ccc(Br)cc1. The first-order chi connectivity index (χ1) is 23.4. The third kappa shape index (κ3) is 7.17. The van der Waals surface area contributed by atoms with Gasteiger partial charge in [-0.2, -0.15) is 9.98 Å². The van der Waals surface area contributed by atoms with Crippen LogP contribution >= 0.6 is 55.4 Å². The van der Waals surface area contributed by atoms with Gasteiger partial charge in [-0.05, 0) is 88.2 Å². The third-order valence-electron chi connectivity index (χ3n) is 7.40. The predicted molar refractivity (Wildman–Crippen MR) is 207 cm³/mol. The maximum Gasteiger partial charge on any atom is 0.286 e. The van der Waals surface area contributed by atoms with Crippen molar-refractivity contribution >= 4 is 100 Å². The Morgan fingerprint density at radius 1 is 0.479 bits per heavy atom. The number of amides is 2. The summed E-state index contributed by atoms with van der Waals surface area (Å²) >= 11 is 9.63. The third-order valence-corrected chi connectivity index (χ3v) is 10.4. The number of hydrogen-bond acceptors (Lipinski definition) is 6. The van der Waals surface area contributed by atoms with E-state index in [1.165, 1.54) is 23.5 Å². The second-order valence-electron chi connectivity index (χ2n) is 10.6. The number of thioether (sulfide) groups is 2. The molecule has 48 heavy (non-hydrogen) atoms. The molecule has 0 spiro atoms. The zero-order valence-corrected chi connectivity index (χ0v) is 29.8. The number of aliphatic imine (C=N–C) groups is 2. The van der Waals surface area contributed by atoms with Crippen LogP contribution in [0.25, 0.3) is 11.1 Å². The molecule has 0 atom stereocenters. The van der Waals surface area contributed by atoms with Crippen LogP contribution in [0.5, 0.6) is 0 Å². The summed E-state index contributed by atoms with van der Waals surface area (Å²) in [7, 11) is 0. The summed E-state index contributed by atoms with van der Waals surface area (Å²) in [5, 5.41) is 7.56. The fourth-order valence-corrected chi connectivity index (χ4v) is 7.71. The minimum atomic E-state index is -0.298. The smallest absolute Gasteiger partial charge is 0.286 e. The number of carbonyl (C=O) groups is 2. The molecule has 0 aromatic heterocycles. The molecule has 0 saturated carbocycles. The first-order valence-corrected chi connectivity index (χ1v) is 18.0. The van der Waals surface area contributed by atoms with E-state index in [9.17, 15) is 9.59 Å². The number of anilines is 2. The minimum Gasteiger partial charge on any atom is -0.334 e. The normalized spacial score (nSPS) is 16.4. The zero-order valence-electron chi connectivity index (χ0n) is 25.0. The number of amidine groups is 2. The van der Waals surface area contributed by atoms with Crippen LogP contribution in [0.3, 0.4) is 0 Å². The number of nitrogens with one attached hydrogen (secondary N) is 2. The molecule has 2 N–H and O–H groups in total. The standard InChI is InChI=1S/C38H24Br2N4O2S2/c39-27-18-14-25(15-19-27)31(23-8-3-1-4-9-23)33-35(45)43-37(47-33)41-29-12-7-13-30(22-29)42-38-44-36(46)34(48-38)32(24-10-5-2-6-11-24)26-16-20-28(40)21-17-26/h1-22H,(H,41,43,45)(H,42,44,46). The Labute approximate surface area is 302 Å². The summed E-state index contributed by atoms with van der Waals surface area (Å²) in [4.78, 5) is 36.4. The summed E-state index contributed by atoms with van der Waals surface area (Å²) < 4.78 is 1.92. The predicted octanol–water partition coefficient (Wildman–Crippen LogP) is 10.2. The molecule has 5 aromatic rings.